The highest BCUT2D eigenvalue weighted by atomic mass is 127. The molecule has 1 rings (SSSR count). The van der Waals surface area contributed by atoms with Crippen LogP contribution in [0.1, 0.15) is 12.0 Å². The lowest BCUT2D eigenvalue weighted by Crippen LogP contribution is -2.41. The summed E-state index contributed by atoms with van der Waals surface area (Å²) in [5, 5.41) is 5.65. The van der Waals surface area contributed by atoms with E-state index in [1.165, 1.54) is 12.6 Å². The fourth-order valence-electron chi connectivity index (χ4n) is 1.88. The Morgan fingerprint density at radius 2 is 1.74 bits per heavy atom. The van der Waals surface area contributed by atoms with Crippen LogP contribution in [0.5, 0.6) is 0 Å². The summed E-state index contributed by atoms with van der Waals surface area (Å²) < 4.78 is 36.2. The van der Waals surface area contributed by atoms with E-state index in [1.807, 2.05) is 25.2 Å². The predicted molar refractivity (Wildman–Crippen MR) is 98.2 cm³/mol. The summed E-state index contributed by atoms with van der Waals surface area (Å²) in [6, 6.07) is 10.1. The minimum atomic E-state index is -4.15. The fraction of sp³-hybridized carbons (Fsp3) is 0.533. The molecule has 0 unspecified atom stereocenters. The SMILES string of the molecule is CN=C(NCCN(C)Cc1ccccc1)NCCC(F)(F)F.I. The van der Waals surface area contributed by atoms with Gasteiger partial charge in [-0.2, -0.15) is 13.2 Å². The number of hydrogen-bond donors (Lipinski definition) is 2. The fourth-order valence-corrected chi connectivity index (χ4v) is 1.88. The van der Waals surface area contributed by atoms with Crippen molar-refractivity contribution < 1.29 is 13.2 Å². The molecule has 0 aliphatic carbocycles. The van der Waals surface area contributed by atoms with Crippen LogP contribution in [-0.4, -0.2) is 50.8 Å². The van der Waals surface area contributed by atoms with Gasteiger partial charge in [-0.1, -0.05) is 30.3 Å². The second-order valence-electron chi connectivity index (χ2n) is 5.01. The number of guanidine groups is 1. The third-order valence-corrected chi connectivity index (χ3v) is 3.01. The molecule has 0 radical (unpaired) electrons. The molecule has 0 aliphatic rings. The Labute approximate surface area is 152 Å². The third kappa shape index (κ3) is 11.2. The van der Waals surface area contributed by atoms with Crippen molar-refractivity contribution in [3.8, 4) is 0 Å². The minimum Gasteiger partial charge on any atom is -0.356 e. The number of aliphatic imine (C=N–C) groups is 1. The van der Waals surface area contributed by atoms with Gasteiger partial charge >= 0.3 is 6.18 Å². The molecule has 0 amide bonds. The van der Waals surface area contributed by atoms with E-state index in [1.54, 1.807) is 0 Å². The van der Waals surface area contributed by atoms with Crippen LogP contribution in [0.25, 0.3) is 0 Å². The summed E-state index contributed by atoms with van der Waals surface area (Å²) in [4.78, 5) is 6.03. The topological polar surface area (TPSA) is 39.7 Å². The van der Waals surface area contributed by atoms with Gasteiger partial charge in [0.2, 0.25) is 0 Å². The van der Waals surface area contributed by atoms with Gasteiger partial charge in [-0.15, -0.1) is 24.0 Å². The van der Waals surface area contributed by atoms with E-state index >= 15 is 0 Å². The van der Waals surface area contributed by atoms with E-state index in [0.29, 0.717) is 12.5 Å². The first kappa shape index (κ1) is 22.0. The lowest BCUT2D eigenvalue weighted by atomic mass is 10.2. The molecule has 0 spiro atoms. The Bertz CT molecular complexity index is 452. The number of likely N-dealkylation sites (N-methyl/N-ethyl adjacent to an activating group) is 1. The smallest absolute Gasteiger partial charge is 0.356 e. The van der Waals surface area contributed by atoms with Crippen LogP contribution in [0, 0.1) is 0 Å². The molecule has 1 aromatic carbocycles. The van der Waals surface area contributed by atoms with Gasteiger partial charge in [0.25, 0.3) is 0 Å². The summed E-state index contributed by atoms with van der Waals surface area (Å²) in [7, 11) is 3.53. The molecule has 4 nitrogen and oxygen atoms in total. The van der Waals surface area contributed by atoms with Gasteiger partial charge in [0, 0.05) is 33.2 Å². The molecule has 8 heteroatoms. The average Bonchev–Trinajstić information content (AvgIpc) is 2.45. The van der Waals surface area contributed by atoms with Crippen molar-refractivity contribution in [1.29, 1.82) is 0 Å². The van der Waals surface area contributed by atoms with E-state index < -0.39 is 12.6 Å². The molecule has 0 saturated heterocycles. The molecule has 23 heavy (non-hydrogen) atoms. The van der Waals surface area contributed by atoms with Crippen molar-refractivity contribution in [1.82, 2.24) is 15.5 Å². The molecule has 0 fully saturated rings. The molecule has 1 aromatic rings. The first-order chi connectivity index (χ1) is 10.4. The first-order valence-corrected chi connectivity index (χ1v) is 7.14. The number of alkyl halides is 3. The maximum Gasteiger partial charge on any atom is 0.390 e. The Morgan fingerprint density at radius 3 is 2.30 bits per heavy atom. The molecule has 0 aliphatic heterocycles. The largest absolute Gasteiger partial charge is 0.390 e. The van der Waals surface area contributed by atoms with Crippen LogP contribution in [0.15, 0.2) is 35.3 Å². The van der Waals surface area contributed by atoms with Crippen LogP contribution >= 0.6 is 24.0 Å². The molecule has 0 saturated carbocycles. The number of hydrogen-bond acceptors (Lipinski definition) is 2. The second-order valence-corrected chi connectivity index (χ2v) is 5.01. The minimum absolute atomic E-state index is 0. The third-order valence-electron chi connectivity index (χ3n) is 3.01. The summed E-state index contributed by atoms with van der Waals surface area (Å²) in [6.45, 7) is 2.01. The van der Waals surface area contributed by atoms with Crippen LogP contribution in [0.3, 0.4) is 0 Å². The number of nitrogens with zero attached hydrogens (tertiary/aromatic N) is 2. The Hall–Kier alpha value is -1.03. The first-order valence-electron chi connectivity index (χ1n) is 7.14. The van der Waals surface area contributed by atoms with E-state index in [2.05, 4.69) is 32.7 Å². The van der Waals surface area contributed by atoms with Crippen molar-refractivity contribution in [2.45, 2.75) is 19.1 Å². The van der Waals surface area contributed by atoms with Crippen LogP contribution in [-0.2, 0) is 6.54 Å². The van der Waals surface area contributed by atoms with Crippen LogP contribution in [0.4, 0.5) is 13.2 Å². The highest BCUT2D eigenvalue weighted by Gasteiger charge is 2.26. The molecular weight excluding hydrogens is 420 g/mol. The van der Waals surface area contributed by atoms with E-state index in [0.717, 1.165) is 13.1 Å². The standard InChI is InChI=1S/C15H23F3N4.HI/c1-19-14(20-9-8-15(16,17)18)21-10-11-22(2)12-13-6-4-3-5-7-13;/h3-7H,8-12H2,1-2H3,(H2,19,20,21);1H. The van der Waals surface area contributed by atoms with Crippen molar-refractivity contribution in [2.75, 3.05) is 33.7 Å². The molecule has 0 bridgehead atoms. The van der Waals surface area contributed by atoms with E-state index in [4.69, 9.17) is 0 Å². The molecule has 0 aromatic heterocycles. The quantitative estimate of drug-likeness (QED) is 0.386. The number of nitrogens with one attached hydrogen (secondary N) is 2. The van der Waals surface area contributed by atoms with E-state index in [-0.39, 0.29) is 30.5 Å². The Morgan fingerprint density at radius 1 is 1.13 bits per heavy atom. The highest BCUT2D eigenvalue weighted by molar-refractivity contribution is 14.0. The average molecular weight is 444 g/mol. The zero-order valence-corrected chi connectivity index (χ0v) is 15.7. The van der Waals surface area contributed by atoms with Gasteiger partial charge in [-0.25, -0.2) is 0 Å². The summed E-state index contributed by atoms with van der Waals surface area (Å²) >= 11 is 0. The number of halogens is 4. The molecule has 0 atom stereocenters. The maximum atomic E-state index is 12.1. The molecule has 2 N–H and O–H groups in total. The maximum absolute atomic E-state index is 12.1. The Kier molecular flexibility index (Phi) is 11.0. The van der Waals surface area contributed by atoms with Crippen LogP contribution < -0.4 is 10.6 Å². The van der Waals surface area contributed by atoms with Gasteiger partial charge in [-0.3, -0.25) is 4.99 Å². The summed E-state index contributed by atoms with van der Waals surface area (Å²) in [5.41, 5.74) is 1.22. The lowest BCUT2D eigenvalue weighted by molar-refractivity contribution is -0.132. The van der Waals surface area contributed by atoms with Crippen molar-refractivity contribution in [3.63, 3.8) is 0 Å². The van der Waals surface area contributed by atoms with Gasteiger partial charge in [-0.05, 0) is 12.6 Å². The molecular formula is C15H24F3IN4. The van der Waals surface area contributed by atoms with Gasteiger partial charge < -0.3 is 15.5 Å². The second kappa shape index (κ2) is 11.5. The van der Waals surface area contributed by atoms with Gasteiger partial charge in [0.1, 0.15) is 0 Å². The molecule has 0 heterocycles. The lowest BCUT2D eigenvalue weighted by Gasteiger charge is -2.18. The van der Waals surface area contributed by atoms with Gasteiger partial charge in [0.05, 0.1) is 6.42 Å². The monoisotopic (exact) mass is 444 g/mol. The summed E-state index contributed by atoms with van der Waals surface area (Å²) in [6.07, 6.45) is -5.02. The zero-order chi connectivity index (χ0) is 16.4. The van der Waals surface area contributed by atoms with Gasteiger partial charge in [0.15, 0.2) is 5.96 Å². The number of rotatable bonds is 7. The van der Waals surface area contributed by atoms with E-state index in [9.17, 15) is 13.2 Å². The molecule has 132 valence electrons. The van der Waals surface area contributed by atoms with Crippen molar-refractivity contribution in [2.24, 2.45) is 4.99 Å². The normalized spacial score (nSPS) is 12.0. The van der Waals surface area contributed by atoms with Crippen molar-refractivity contribution in [3.05, 3.63) is 35.9 Å². The predicted octanol–water partition coefficient (Wildman–Crippen LogP) is 2.85. The highest BCUT2D eigenvalue weighted by Crippen LogP contribution is 2.17. The number of benzene rings is 1. The van der Waals surface area contributed by atoms with Crippen molar-refractivity contribution >= 4 is 29.9 Å². The Balaban J connectivity index is 0.00000484. The summed E-state index contributed by atoms with van der Waals surface area (Å²) in [5.74, 6) is 0.386. The van der Waals surface area contributed by atoms with Crippen LogP contribution in [0.2, 0.25) is 0 Å². The zero-order valence-electron chi connectivity index (χ0n) is 13.4.